The minimum absolute atomic E-state index is 0.0458. The quantitative estimate of drug-likeness (QED) is 0.644. The third-order valence-corrected chi connectivity index (χ3v) is 4.23. The molecule has 0 radical (unpaired) electrons. The fraction of sp³-hybridized carbons (Fsp3) is 0.118. The van der Waals surface area contributed by atoms with Gasteiger partial charge in [-0.2, -0.15) is 0 Å². The summed E-state index contributed by atoms with van der Waals surface area (Å²) in [5, 5.41) is 9.50. The Morgan fingerprint density at radius 2 is 2.00 bits per heavy atom. The molecule has 0 saturated carbocycles. The number of ether oxygens (including phenoxy) is 1. The maximum Gasteiger partial charge on any atom is 0.234 e. The number of aromatic nitrogens is 3. The van der Waals surface area contributed by atoms with Crippen molar-refractivity contribution in [3.05, 3.63) is 54.1 Å². The second-order valence-corrected chi connectivity index (χ2v) is 6.08. The smallest absolute Gasteiger partial charge is 0.234 e. The minimum Gasteiger partial charge on any atom is -0.497 e. The Morgan fingerprint density at radius 1 is 1.23 bits per heavy atom. The van der Waals surface area contributed by atoms with E-state index in [4.69, 9.17) is 4.74 Å². The summed E-state index contributed by atoms with van der Waals surface area (Å²) in [6.07, 6.45) is 0. The maximum atomic E-state index is 13.5. The molecule has 1 heterocycles. The fourth-order valence-electron chi connectivity index (χ4n) is 2.11. The number of anilines is 1. The zero-order valence-corrected chi connectivity index (χ0v) is 14.4. The summed E-state index contributed by atoms with van der Waals surface area (Å²) in [6.45, 7) is 0. The van der Waals surface area contributed by atoms with Gasteiger partial charge < -0.3 is 10.1 Å². The second kappa shape index (κ2) is 7.96. The van der Waals surface area contributed by atoms with Crippen molar-refractivity contribution in [3.8, 4) is 17.1 Å². The summed E-state index contributed by atoms with van der Waals surface area (Å²) in [5.41, 5.74) is 0.612. The molecule has 1 amide bonds. The first kappa shape index (κ1) is 17.9. The average Bonchev–Trinajstić information content (AvgIpc) is 3.13. The molecule has 0 atom stereocenters. The summed E-state index contributed by atoms with van der Waals surface area (Å²) >= 11 is 1.07. The van der Waals surface area contributed by atoms with Crippen LogP contribution in [0.3, 0.4) is 0 Å². The van der Waals surface area contributed by atoms with Gasteiger partial charge in [-0.3, -0.25) is 9.89 Å². The highest BCUT2D eigenvalue weighted by Gasteiger charge is 2.13. The largest absolute Gasteiger partial charge is 0.497 e. The standard InChI is InChI=1S/C17H14F2N4O2S/c1-25-11-7-5-10(6-8-11)16-21-17(23-22-16)26-9-14(24)20-13-4-2-3-12(18)15(13)19/h2-8H,9H2,1H3,(H,20,24)(H,21,22,23). The summed E-state index contributed by atoms with van der Waals surface area (Å²) < 4.78 is 31.8. The predicted octanol–water partition coefficient (Wildman–Crippen LogP) is 3.49. The zero-order chi connectivity index (χ0) is 18.5. The van der Waals surface area contributed by atoms with Gasteiger partial charge >= 0.3 is 0 Å². The highest BCUT2D eigenvalue weighted by atomic mass is 32.2. The molecule has 0 unspecified atom stereocenters. The molecule has 2 aromatic carbocycles. The van der Waals surface area contributed by atoms with Crippen LogP contribution < -0.4 is 10.1 Å². The molecule has 3 aromatic rings. The maximum absolute atomic E-state index is 13.5. The number of halogens is 2. The number of nitrogens with zero attached hydrogens (tertiary/aromatic N) is 2. The first-order valence-electron chi connectivity index (χ1n) is 7.50. The molecule has 1 aromatic heterocycles. The SMILES string of the molecule is COc1ccc(-c2nc(SCC(=O)Nc3cccc(F)c3F)n[nH]2)cc1. The van der Waals surface area contributed by atoms with Gasteiger partial charge in [-0.05, 0) is 36.4 Å². The van der Waals surface area contributed by atoms with Crippen LogP contribution in [0.15, 0.2) is 47.6 Å². The Kier molecular flexibility index (Phi) is 5.47. The first-order valence-corrected chi connectivity index (χ1v) is 8.49. The van der Waals surface area contributed by atoms with Crippen molar-refractivity contribution in [1.29, 1.82) is 0 Å². The van der Waals surface area contributed by atoms with Crippen LogP contribution in [0.5, 0.6) is 5.75 Å². The third kappa shape index (κ3) is 4.17. The van der Waals surface area contributed by atoms with Crippen molar-refractivity contribution < 1.29 is 18.3 Å². The molecule has 0 fully saturated rings. The van der Waals surface area contributed by atoms with E-state index in [2.05, 4.69) is 20.5 Å². The van der Waals surface area contributed by atoms with E-state index < -0.39 is 17.5 Å². The lowest BCUT2D eigenvalue weighted by Crippen LogP contribution is -2.15. The molecule has 3 rings (SSSR count). The van der Waals surface area contributed by atoms with E-state index in [0.29, 0.717) is 11.0 Å². The van der Waals surface area contributed by atoms with E-state index in [1.165, 1.54) is 12.1 Å². The van der Waals surface area contributed by atoms with Crippen LogP contribution in [0, 0.1) is 11.6 Å². The Morgan fingerprint density at radius 3 is 2.73 bits per heavy atom. The van der Waals surface area contributed by atoms with E-state index in [9.17, 15) is 13.6 Å². The van der Waals surface area contributed by atoms with E-state index in [-0.39, 0.29) is 11.4 Å². The van der Waals surface area contributed by atoms with Crippen molar-refractivity contribution >= 4 is 23.4 Å². The minimum atomic E-state index is -1.09. The van der Waals surface area contributed by atoms with E-state index in [0.717, 1.165) is 29.1 Å². The summed E-state index contributed by atoms with van der Waals surface area (Å²) in [6, 6.07) is 10.8. The lowest BCUT2D eigenvalue weighted by Gasteiger charge is -2.05. The van der Waals surface area contributed by atoms with Crippen LogP contribution in [0.1, 0.15) is 0 Å². The molecule has 0 spiro atoms. The Hall–Kier alpha value is -2.94. The summed E-state index contributed by atoms with van der Waals surface area (Å²) in [5.74, 6) is -1.37. The predicted molar refractivity (Wildman–Crippen MR) is 94.1 cm³/mol. The van der Waals surface area contributed by atoms with E-state index in [1.54, 1.807) is 19.2 Å². The van der Waals surface area contributed by atoms with Crippen molar-refractivity contribution in [3.63, 3.8) is 0 Å². The topological polar surface area (TPSA) is 79.9 Å². The molecule has 2 N–H and O–H groups in total. The molecule has 0 saturated heterocycles. The van der Waals surface area contributed by atoms with Gasteiger partial charge in [0.25, 0.3) is 0 Å². The van der Waals surface area contributed by atoms with Crippen LogP contribution in [-0.4, -0.2) is 34.0 Å². The number of H-pyrrole nitrogens is 1. The molecule has 9 heteroatoms. The highest BCUT2D eigenvalue weighted by molar-refractivity contribution is 7.99. The Labute approximate surface area is 152 Å². The van der Waals surface area contributed by atoms with Gasteiger partial charge in [-0.1, -0.05) is 17.8 Å². The number of methoxy groups -OCH3 is 1. The van der Waals surface area contributed by atoms with Crippen molar-refractivity contribution in [2.75, 3.05) is 18.2 Å². The van der Waals surface area contributed by atoms with Crippen LogP contribution in [-0.2, 0) is 4.79 Å². The normalized spacial score (nSPS) is 10.6. The van der Waals surface area contributed by atoms with Gasteiger partial charge in [0.1, 0.15) is 5.75 Å². The van der Waals surface area contributed by atoms with Gasteiger partial charge in [-0.25, -0.2) is 13.8 Å². The number of carbonyl (C=O) groups is 1. The van der Waals surface area contributed by atoms with Crippen molar-refractivity contribution in [2.24, 2.45) is 0 Å². The molecule has 0 aliphatic carbocycles. The van der Waals surface area contributed by atoms with Crippen LogP contribution in [0.2, 0.25) is 0 Å². The van der Waals surface area contributed by atoms with Gasteiger partial charge in [-0.15, -0.1) is 5.10 Å². The van der Waals surface area contributed by atoms with Crippen LogP contribution >= 0.6 is 11.8 Å². The van der Waals surface area contributed by atoms with E-state index in [1.807, 2.05) is 12.1 Å². The monoisotopic (exact) mass is 376 g/mol. The molecule has 134 valence electrons. The van der Waals surface area contributed by atoms with Gasteiger partial charge in [0.2, 0.25) is 11.1 Å². The average molecular weight is 376 g/mol. The number of thioether (sulfide) groups is 1. The van der Waals surface area contributed by atoms with Crippen molar-refractivity contribution in [2.45, 2.75) is 5.16 Å². The number of benzene rings is 2. The number of hydrogen-bond acceptors (Lipinski definition) is 5. The van der Waals surface area contributed by atoms with Crippen molar-refractivity contribution in [1.82, 2.24) is 15.2 Å². The number of amides is 1. The Balaban J connectivity index is 1.59. The van der Waals surface area contributed by atoms with E-state index >= 15 is 0 Å². The summed E-state index contributed by atoms with van der Waals surface area (Å²) in [4.78, 5) is 16.2. The van der Waals surface area contributed by atoms with Gasteiger partial charge in [0.05, 0.1) is 18.6 Å². The van der Waals surface area contributed by atoms with Gasteiger partial charge in [0, 0.05) is 5.56 Å². The number of carbonyl (C=O) groups excluding carboxylic acids is 1. The Bertz CT molecular complexity index is 915. The number of rotatable bonds is 6. The molecular formula is C17H14F2N4O2S. The zero-order valence-electron chi connectivity index (χ0n) is 13.6. The molecule has 0 bridgehead atoms. The second-order valence-electron chi connectivity index (χ2n) is 5.13. The third-order valence-electron chi connectivity index (χ3n) is 3.39. The number of nitrogens with one attached hydrogen (secondary N) is 2. The molecular weight excluding hydrogens is 362 g/mol. The highest BCUT2D eigenvalue weighted by Crippen LogP contribution is 2.22. The molecule has 0 aliphatic heterocycles. The van der Waals surface area contributed by atoms with Gasteiger partial charge in [0.15, 0.2) is 17.5 Å². The summed E-state index contributed by atoms with van der Waals surface area (Å²) in [7, 11) is 1.58. The molecule has 26 heavy (non-hydrogen) atoms. The van der Waals surface area contributed by atoms with Crippen LogP contribution in [0.25, 0.3) is 11.4 Å². The number of aromatic amines is 1. The molecule has 6 nitrogen and oxygen atoms in total. The lowest BCUT2D eigenvalue weighted by molar-refractivity contribution is -0.113. The van der Waals surface area contributed by atoms with Crippen LogP contribution in [0.4, 0.5) is 14.5 Å². The molecule has 0 aliphatic rings. The first-order chi connectivity index (χ1) is 12.6. The fourth-order valence-corrected chi connectivity index (χ4v) is 2.70. The number of hydrogen-bond donors (Lipinski definition) is 2. The lowest BCUT2D eigenvalue weighted by atomic mass is 10.2.